The molecule has 0 spiro atoms. The van der Waals surface area contributed by atoms with E-state index < -0.39 is 0 Å². The summed E-state index contributed by atoms with van der Waals surface area (Å²) in [5, 5.41) is 2.98. The third-order valence-electron chi connectivity index (χ3n) is 1.83. The molecule has 1 heterocycles. The summed E-state index contributed by atoms with van der Waals surface area (Å²) in [5.74, 6) is 2.33. The molecule has 1 N–H and O–H groups in total. The van der Waals surface area contributed by atoms with Crippen LogP contribution in [0.2, 0.25) is 0 Å². The molecular formula is C8H11NO2. The van der Waals surface area contributed by atoms with E-state index in [9.17, 15) is 4.79 Å². The lowest BCUT2D eigenvalue weighted by Crippen LogP contribution is -2.35. The predicted molar refractivity (Wildman–Crippen MR) is 40.8 cm³/mol. The van der Waals surface area contributed by atoms with Crippen molar-refractivity contribution in [3.05, 3.63) is 0 Å². The van der Waals surface area contributed by atoms with Crippen LogP contribution in [0.25, 0.3) is 0 Å². The molecule has 1 fully saturated rings. The molecule has 0 saturated carbocycles. The van der Waals surface area contributed by atoms with Crippen LogP contribution in [-0.4, -0.2) is 25.2 Å². The number of carbonyl (C=O) groups is 1. The average Bonchev–Trinajstić information content (AvgIpc) is 2.50. The predicted octanol–water partition coefficient (Wildman–Crippen LogP) is -0.0868. The molecule has 2 atom stereocenters. The van der Waals surface area contributed by atoms with Crippen molar-refractivity contribution in [2.24, 2.45) is 0 Å². The monoisotopic (exact) mass is 153 g/mol. The summed E-state index contributed by atoms with van der Waals surface area (Å²) in [6, 6.07) is -0.153. The van der Waals surface area contributed by atoms with E-state index >= 15 is 0 Å². The minimum Gasteiger partial charge on any atom is -0.468 e. The number of esters is 1. The normalized spacial score (nSPS) is 29.5. The highest BCUT2D eigenvalue weighted by molar-refractivity contribution is 5.76. The van der Waals surface area contributed by atoms with Crippen LogP contribution in [0.15, 0.2) is 0 Å². The molecule has 1 saturated heterocycles. The Hall–Kier alpha value is -1.01. The van der Waals surface area contributed by atoms with Gasteiger partial charge in [-0.2, -0.15) is 0 Å². The van der Waals surface area contributed by atoms with E-state index in [2.05, 4.69) is 16.0 Å². The maximum absolute atomic E-state index is 10.9. The highest BCUT2D eigenvalue weighted by Crippen LogP contribution is 2.12. The fourth-order valence-corrected chi connectivity index (χ4v) is 1.20. The van der Waals surface area contributed by atoms with E-state index in [1.54, 1.807) is 0 Å². The topological polar surface area (TPSA) is 38.3 Å². The van der Waals surface area contributed by atoms with Gasteiger partial charge in [-0.05, 0) is 12.8 Å². The molecule has 0 aromatic rings. The minimum atomic E-state index is -0.220. The first kappa shape index (κ1) is 8.09. The molecule has 11 heavy (non-hydrogen) atoms. The first-order valence-electron chi connectivity index (χ1n) is 3.58. The molecule has 60 valence electrons. The first-order chi connectivity index (χ1) is 5.27. The molecule has 0 aromatic carbocycles. The molecule has 0 aromatic heterocycles. The number of hydrogen-bond donors (Lipinski definition) is 1. The molecule has 3 nitrogen and oxygen atoms in total. The number of carbonyl (C=O) groups excluding carboxylic acids is 1. The van der Waals surface area contributed by atoms with Crippen LogP contribution in [0, 0.1) is 12.3 Å². The zero-order valence-electron chi connectivity index (χ0n) is 6.46. The molecule has 0 amide bonds. The summed E-state index contributed by atoms with van der Waals surface area (Å²) in [4.78, 5) is 10.9. The van der Waals surface area contributed by atoms with Crippen LogP contribution in [0.5, 0.6) is 0 Å². The van der Waals surface area contributed by atoms with Crippen LogP contribution in [0.4, 0.5) is 0 Å². The van der Waals surface area contributed by atoms with Gasteiger partial charge in [-0.1, -0.05) is 5.92 Å². The molecule has 1 aliphatic rings. The van der Waals surface area contributed by atoms with Crippen molar-refractivity contribution >= 4 is 5.97 Å². The number of terminal acetylenes is 1. The number of hydrogen-bond acceptors (Lipinski definition) is 3. The van der Waals surface area contributed by atoms with E-state index in [0.29, 0.717) is 0 Å². The third-order valence-corrected chi connectivity index (χ3v) is 1.83. The lowest BCUT2D eigenvalue weighted by Gasteiger charge is -2.07. The third kappa shape index (κ3) is 1.72. The molecule has 0 aliphatic carbocycles. The molecular weight excluding hydrogens is 142 g/mol. The summed E-state index contributed by atoms with van der Waals surface area (Å²) >= 11 is 0. The molecule has 2 unspecified atom stereocenters. The molecule has 1 aliphatic heterocycles. The van der Waals surface area contributed by atoms with Gasteiger partial charge >= 0.3 is 5.97 Å². The summed E-state index contributed by atoms with van der Waals surface area (Å²) in [5.41, 5.74) is 0. The van der Waals surface area contributed by atoms with Gasteiger partial charge in [0.15, 0.2) is 0 Å². The zero-order chi connectivity index (χ0) is 8.27. The van der Waals surface area contributed by atoms with Crippen molar-refractivity contribution in [3.8, 4) is 12.3 Å². The largest absolute Gasteiger partial charge is 0.468 e. The second-order valence-corrected chi connectivity index (χ2v) is 2.54. The maximum Gasteiger partial charge on any atom is 0.322 e. The van der Waals surface area contributed by atoms with Crippen LogP contribution in [0.1, 0.15) is 12.8 Å². The van der Waals surface area contributed by atoms with Gasteiger partial charge in [0.25, 0.3) is 0 Å². The lowest BCUT2D eigenvalue weighted by atomic mass is 10.2. The summed E-state index contributed by atoms with van der Waals surface area (Å²) in [6.07, 6.45) is 6.81. The minimum absolute atomic E-state index is 0.0408. The Bertz CT molecular complexity index is 195. The average molecular weight is 153 g/mol. The highest BCUT2D eigenvalue weighted by Gasteiger charge is 2.28. The molecule has 3 heteroatoms. The van der Waals surface area contributed by atoms with E-state index in [1.807, 2.05) is 0 Å². The van der Waals surface area contributed by atoms with E-state index in [1.165, 1.54) is 7.11 Å². The Kier molecular flexibility index (Phi) is 2.50. The number of methoxy groups -OCH3 is 1. The fraction of sp³-hybridized carbons (Fsp3) is 0.625. The van der Waals surface area contributed by atoms with Gasteiger partial charge in [-0.15, -0.1) is 6.42 Å². The van der Waals surface area contributed by atoms with Gasteiger partial charge in [-0.3, -0.25) is 10.1 Å². The standard InChI is InChI=1S/C8H11NO2/c1-3-6-4-5-7(9-6)8(10)11-2/h1,6-7,9H,4-5H2,2H3. The fourth-order valence-electron chi connectivity index (χ4n) is 1.20. The van der Waals surface area contributed by atoms with E-state index in [-0.39, 0.29) is 18.1 Å². The molecule has 0 bridgehead atoms. The molecule has 1 rings (SSSR count). The van der Waals surface area contributed by atoms with Crippen molar-refractivity contribution in [1.82, 2.24) is 5.32 Å². The van der Waals surface area contributed by atoms with E-state index in [4.69, 9.17) is 6.42 Å². The zero-order valence-corrected chi connectivity index (χ0v) is 6.46. The van der Waals surface area contributed by atoms with Gasteiger partial charge in [0.1, 0.15) is 6.04 Å². The summed E-state index contributed by atoms with van der Waals surface area (Å²) < 4.78 is 4.56. The Morgan fingerprint density at radius 3 is 2.91 bits per heavy atom. The smallest absolute Gasteiger partial charge is 0.322 e. The maximum atomic E-state index is 10.9. The van der Waals surface area contributed by atoms with Crippen molar-refractivity contribution in [2.75, 3.05) is 7.11 Å². The van der Waals surface area contributed by atoms with Crippen molar-refractivity contribution in [2.45, 2.75) is 24.9 Å². The van der Waals surface area contributed by atoms with Crippen LogP contribution in [-0.2, 0) is 9.53 Å². The van der Waals surface area contributed by atoms with Crippen molar-refractivity contribution < 1.29 is 9.53 Å². The quantitative estimate of drug-likeness (QED) is 0.423. The van der Waals surface area contributed by atoms with Crippen molar-refractivity contribution in [3.63, 3.8) is 0 Å². The summed E-state index contributed by atoms with van der Waals surface area (Å²) in [7, 11) is 1.38. The SMILES string of the molecule is C#CC1CCC(C(=O)OC)N1. The number of nitrogens with one attached hydrogen (secondary N) is 1. The second-order valence-electron chi connectivity index (χ2n) is 2.54. The first-order valence-corrected chi connectivity index (χ1v) is 3.58. The van der Waals surface area contributed by atoms with Crippen LogP contribution in [0.3, 0.4) is 0 Å². The van der Waals surface area contributed by atoms with Gasteiger partial charge in [-0.25, -0.2) is 0 Å². The van der Waals surface area contributed by atoms with Gasteiger partial charge in [0.05, 0.1) is 13.2 Å². The summed E-state index contributed by atoms with van der Waals surface area (Å²) in [6.45, 7) is 0. The number of ether oxygens (including phenoxy) is 1. The van der Waals surface area contributed by atoms with Gasteiger partial charge in [0, 0.05) is 0 Å². The lowest BCUT2D eigenvalue weighted by molar-refractivity contribution is -0.142. The Balaban J connectivity index is 2.43. The van der Waals surface area contributed by atoms with Crippen LogP contribution < -0.4 is 5.32 Å². The Morgan fingerprint density at radius 2 is 2.45 bits per heavy atom. The van der Waals surface area contributed by atoms with Gasteiger partial charge < -0.3 is 4.74 Å². The Labute approximate surface area is 66.1 Å². The number of rotatable bonds is 1. The highest BCUT2D eigenvalue weighted by atomic mass is 16.5. The van der Waals surface area contributed by atoms with Crippen LogP contribution >= 0.6 is 0 Å². The molecule has 0 radical (unpaired) electrons. The second kappa shape index (κ2) is 3.40. The van der Waals surface area contributed by atoms with E-state index in [0.717, 1.165) is 12.8 Å². The van der Waals surface area contributed by atoms with Crippen molar-refractivity contribution in [1.29, 1.82) is 0 Å². The Morgan fingerprint density at radius 1 is 1.73 bits per heavy atom. The van der Waals surface area contributed by atoms with Gasteiger partial charge in [0.2, 0.25) is 0 Å².